The van der Waals surface area contributed by atoms with Crippen LogP contribution in [0, 0.1) is 11.3 Å². The molecule has 0 spiro atoms. The van der Waals surface area contributed by atoms with Crippen LogP contribution in [0.4, 0.5) is 5.82 Å². The molecule has 2 N–H and O–H groups in total. The van der Waals surface area contributed by atoms with Crippen molar-refractivity contribution in [2.24, 2.45) is 0 Å². The number of anilines is 1. The molecule has 0 radical (unpaired) electrons. The van der Waals surface area contributed by atoms with Gasteiger partial charge >= 0.3 is 0 Å². The van der Waals surface area contributed by atoms with E-state index >= 15 is 0 Å². The number of nitriles is 1. The monoisotopic (exact) mass is 342 g/mol. The van der Waals surface area contributed by atoms with Gasteiger partial charge in [-0.05, 0) is 37.6 Å². The SMILES string of the molecule is CCOc1ccc2nc(NCCCNC(=O)COC)c(C#N)cc2c1. The number of hydrogen-bond donors (Lipinski definition) is 2. The first-order valence-corrected chi connectivity index (χ1v) is 8.15. The predicted molar refractivity (Wildman–Crippen MR) is 95.6 cm³/mol. The number of benzene rings is 1. The van der Waals surface area contributed by atoms with Gasteiger partial charge in [-0.25, -0.2) is 4.98 Å². The van der Waals surface area contributed by atoms with E-state index in [1.165, 1.54) is 7.11 Å². The molecule has 0 atom stereocenters. The molecule has 0 bridgehead atoms. The molecule has 132 valence electrons. The van der Waals surface area contributed by atoms with Crippen LogP contribution in [0.1, 0.15) is 18.9 Å². The van der Waals surface area contributed by atoms with Crippen molar-refractivity contribution in [1.82, 2.24) is 10.3 Å². The molecule has 0 saturated heterocycles. The molecular weight excluding hydrogens is 320 g/mol. The van der Waals surface area contributed by atoms with E-state index < -0.39 is 0 Å². The lowest BCUT2D eigenvalue weighted by Gasteiger charge is -2.10. The summed E-state index contributed by atoms with van der Waals surface area (Å²) in [5.74, 6) is 1.16. The molecule has 1 aromatic heterocycles. The highest BCUT2D eigenvalue weighted by Gasteiger charge is 2.07. The Bertz CT molecular complexity index is 771. The van der Waals surface area contributed by atoms with Crippen LogP contribution in [0.25, 0.3) is 10.9 Å². The standard InChI is InChI=1S/C18H22N4O3/c1-3-25-15-5-6-16-13(10-15)9-14(11-19)18(22-16)21-8-4-7-20-17(23)12-24-2/h5-6,9-10H,3-4,7-8,12H2,1-2H3,(H,20,23)(H,21,22). The quantitative estimate of drug-likeness (QED) is 0.677. The van der Waals surface area contributed by atoms with E-state index in [0.29, 0.717) is 37.5 Å². The lowest BCUT2D eigenvalue weighted by Crippen LogP contribution is -2.29. The van der Waals surface area contributed by atoms with E-state index in [2.05, 4.69) is 21.7 Å². The Morgan fingerprint density at radius 2 is 2.16 bits per heavy atom. The molecule has 25 heavy (non-hydrogen) atoms. The molecule has 2 aromatic rings. The van der Waals surface area contributed by atoms with Gasteiger partial charge in [-0.15, -0.1) is 0 Å². The minimum Gasteiger partial charge on any atom is -0.494 e. The van der Waals surface area contributed by atoms with E-state index in [0.717, 1.165) is 16.7 Å². The molecule has 1 amide bonds. The van der Waals surface area contributed by atoms with Gasteiger partial charge in [-0.3, -0.25) is 4.79 Å². The predicted octanol–water partition coefficient (Wildman–Crippen LogP) is 2.07. The van der Waals surface area contributed by atoms with Gasteiger partial charge in [-0.2, -0.15) is 5.26 Å². The van der Waals surface area contributed by atoms with Crippen molar-refractivity contribution in [2.75, 3.05) is 38.7 Å². The van der Waals surface area contributed by atoms with Gasteiger partial charge in [0, 0.05) is 25.6 Å². The molecule has 1 heterocycles. The zero-order valence-electron chi connectivity index (χ0n) is 14.5. The first kappa shape index (κ1) is 18.5. The largest absolute Gasteiger partial charge is 0.494 e. The highest BCUT2D eigenvalue weighted by atomic mass is 16.5. The number of hydrogen-bond acceptors (Lipinski definition) is 6. The number of amides is 1. The third kappa shape index (κ3) is 5.33. The molecular formula is C18H22N4O3. The molecule has 0 fully saturated rings. The third-order valence-corrected chi connectivity index (χ3v) is 3.46. The molecule has 0 unspecified atom stereocenters. The Morgan fingerprint density at radius 3 is 2.88 bits per heavy atom. The van der Waals surface area contributed by atoms with Crippen LogP contribution in [-0.4, -0.2) is 44.3 Å². The highest BCUT2D eigenvalue weighted by Crippen LogP contribution is 2.24. The first-order valence-electron chi connectivity index (χ1n) is 8.15. The Labute approximate surface area is 146 Å². The van der Waals surface area contributed by atoms with E-state index in [1.54, 1.807) is 6.07 Å². The molecule has 0 aliphatic rings. The third-order valence-electron chi connectivity index (χ3n) is 3.46. The second-order valence-corrected chi connectivity index (χ2v) is 5.35. The van der Waals surface area contributed by atoms with Gasteiger partial charge in [0.1, 0.15) is 24.2 Å². The normalized spacial score (nSPS) is 10.3. The van der Waals surface area contributed by atoms with Crippen LogP contribution in [0.2, 0.25) is 0 Å². The van der Waals surface area contributed by atoms with Gasteiger partial charge < -0.3 is 20.1 Å². The zero-order chi connectivity index (χ0) is 18.1. The number of fused-ring (bicyclic) bond motifs is 1. The molecule has 0 saturated carbocycles. The zero-order valence-corrected chi connectivity index (χ0v) is 14.5. The summed E-state index contributed by atoms with van der Waals surface area (Å²) < 4.78 is 10.2. The Morgan fingerprint density at radius 1 is 1.32 bits per heavy atom. The summed E-state index contributed by atoms with van der Waals surface area (Å²) in [4.78, 5) is 15.8. The fourth-order valence-corrected chi connectivity index (χ4v) is 2.34. The summed E-state index contributed by atoms with van der Waals surface area (Å²) >= 11 is 0. The summed E-state index contributed by atoms with van der Waals surface area (Å²) in [6, 6.07) is 9.57. The fourth-order valence-electron chi connectivity index (χ4n) is 2.34. The van der Waals surface area contributed by atoms with Crippen molar-refractivity contribution < 1.29 is 14.3 Å². The maximum atomic E-state index is 11.3. The van der Waals surface area contributed by atoms with Gasteiger partial charge in [0.25, 0.3) is 0 Å². The maximum absolute atomic E-state index is 11.3. The Kier molecular flexibility index (Phi) is 6.99. The number of methoxy groups -OCH3 is 1. The average molecular weight is 342 g/mol. The van der Waals surface area contributed by atoms with Gasteiger partial charge in [0.05, 0.1) is 17.7 Å². The average Bonchev–Trinajstić information content (AvgIpc) is 2.61. The topological polar surface area (TPSA) is 96.3 Å². The molecule has 2 rings (SSSR count). The first-order chi connectivity index (χ1) is 12.2. The van der Waals surface area contributed by atoms with Crippen molar-refractivity contribution in [2.45, 2.75) is 13.3 Å². The smallest absolute Gasteiger partial charge is 0.245 e. The summed E-state index contributed by atoms with van der Waals surface area (Å²) in [5, 5.41) is 16.1. The van der Waals surface area contributed by atoms with Crippen molar-refractivity contribution in [3.8, 4) is 11.8 Å². The fraction of sp³-hybridized carbons (Fsp3) is 0.389. The number of ether oxygens (including phenoxy) is 2. The molecule has 0 aliphatic heterocycles. The molecule has 1 aromatic carbocycles. The van der Waals surface area contributed by atoms with Crippen molar-refractivity contribution in [3.05, 3.63) is 29.8 Å². The number of aromatic nitrogens is 1. The minimum absolute atomic E-state index is 0.0575. The number of rotatable bonds is 9. The number of pyridine rings is 1. The summed E-state index contributed by atoms with van der Waals surface area (Å²) in [5.41, 5.74) is 1.27. The van der Waals surface area contributed by atoms with Gasteiger partial charge in [0.2, 0.25) is 5.91 Å². The van der Waals surface area contributed by atoms with Crippen LogP contribution in [0.3, 0.4) is 0 Å². The van der Waals surface area contributed by atoms with Crippen molar-refractivity contribution >= 4 is 22.6 Å². The van der Waals surface area contributed by atoms with Crippen LogP contribution in [0.5, 0.6) is 5.75 Å². The maximum Gasteiger partial charge on any atom is 0.245 e. The van der Waals surface area contributed by atoms with Crippen LogP contribution < -0.4 is 15.4 Å². The lowest BCUT2D eigenvalue weighted by atomic mass is 10.1. The summed E-state index contributed by atoms with van der Waals surface area (Å²) in [6.45, 7) is 3.69. The van der Waals surface area contributed by atoms with Gasteiger partial charge in [-0.1, -0.05) is 0 Å². The lowest BCUT2D eigenvalue weighted by molar-refractivity contribution is -0.124. The van der Waals surface area contributed by atoms with Gasteiger partial charge in [0.15, 0.2) is 0 Å². The van der Waals surface area contributed by atoms with Crippen molar-refractivity contribution in [1.29, 1.82) is 5.26 Å². The van der Waals surface area contributed by atoms with Crippen molar-refractivity contribution in [3.63, 3.8) is 0 Å². The van der Waals surface area contributed by atoms with E-state index in [9.17, 15) is 10.1 Å². The molecule has 7 nitrogen and oxygen atoms in total. The summed E-state index contributed by atoms with van der Waals surface area (Å²) in [6.07, 6.45) is 0.712. The van der Waals surface area contributed by atoms with E-state index in [-0.39, 0.29) is 12.5 Å². The number of carbonyl (C=O) groups is 1. The van der Waals surface area contributed by atoms with E-state index in [4.69, 9.17) is 9.47 Å². The number of carbonyl (C=O) groups excluding carboxylic acids is 1. The molecule has 0 aliphatic carbocycles. The number of nitrogens with one attached hydrogen (secondary N) is 2. The van der Waals surface area contributed by atoms with Crippen LogP contribution in [-0.2, 0) is 9.53 Å². The van der Waals surface area contributed by atoms with Crippen LogP contribution in [0.15, 0.2) is 24.3 Å². The Balaban J connectivity index is 1.99. The molecule has 7 heteroatoms. The number of nitrogens with zero attached hydrogens (tertiary/aromatic N) is 2. The van der Waals surface area contributed by atoms with E-state index in [1.807, 2.05) is 25.1 Å². The highest BCUT2D eigenvalue weighted by molar-refractivity contribution is 5.84. The second kappa shape index (κ2) is 9.45. The summed E-state index contributed by atoms with van der Waals surface area (Å²) in [7, 11) is 1.48. The van der Waals surface area contributed by atoms with Crippen LogP contribution >= 0.6 is 0 Å². The Hall–Kier alpha value is -2.85. The minimum atomic E-state index is -0.144. The second-order valence-electron chi connectivity index (χ2n) is 5.35.